The summed E-state index contributed by atoms with van der Waals surface area (Å²) in [5.74, 6) is -0.116. The fraction of sp³-hybridized carbons (Fsp3) is 0.188. The molecule has 0 aliphatic heterocycles. The van der Waals surface area contributed by atoms with Crippen molar-refractivity contribution in [3.05, 3.63) is 57.8 Å². The van der Waals surface area contributed by atoms with E-state index in [1.165, 1.54) is 6.07 Å². The van der Waals surface area contributed by atoms with Gasteiger partial charge in [0.2, 0.25) is 0 Å². The second kappa shape index (κ2) is 4.97. The van der Waals surface area contributed by atoms with Gasteiger partial charge in [-0.1, -0.05) is 23.7 Å². The van der Waals surface area contributed by atoms with Crippen LogP contribution in [0.5, 0.6) is 0 Å². The Morgan fingerprint density at radius 2 is 2.19 bits per heavy atom. The minimum atomic E-state index is -0.116. The third-order valence-electron chi connectivity index (χ3n) is 3.98. The van der Waals surface area contributed by atoms with Crippen molar-refractivity contribution in [1.82, 2.24) is 4.98 Å². The zero-order chi connectivity index (χ0) is 14.4. The minimum Gasteiger partial charge on any atom is -0.375 e. The predicted molar refractivity (Wildman–Crippen MR) is 85.7 cm³/mol. The Kier molecular flexibility index (Phi) is 3.08. The van der Waals surface area contributed by atoms with Gasteiger partial charge in [0.15, 0.2) is 0 Å². The molecule has 0 fully saturated rings. The molecule has 2 aromatic carbocycles. The van der Waals surface area contributed by atoms with Gasteiger partial charge in [0.1, 0.15) is 11.3 Å². The first-order valence-electron chi connectivity index (χ1n) is 6.79. The summed E-state index contributed by atoms with van der Waals surface area (Å²) in [6.45, 7) is 0. The molecule has 106 valence electrons. The van der Waals surface area contributed by atoms with Crippen molar-refractivity contribution in [2.24, 2.45) is 0 Å². The van der Waals surface area contributed by atoms with Crippen LogP contribution in [-0.2, 0) is 6.42 Å². The summed E-state index contributed by atoms with van der Waals surface area (Å²) in [5.41, 5.74) is 5.39. The number of nitrogens with one attached hydrogen (secondary N) is 1. The maximum absolute atomic E-state index is 13.8. The maximum atomic E-state index is 13.8. The van der Waals surface area contributed by atoms with Gasteiger partial charge in [0, 0.05) is 0 Å². The van der Waals surface area contributed by atoms with Crippen LogP contribution in [-0.4, -0.2) is 4.98 Å². The van der Waals surface area contributed by atoms with E-state index in [0.717, 1.165) is 39.9 Å². The van der Waals surface area contributed by atoms with E-state index in [1.54, 1.807) is 17.4 Å². The van der Waals surface area contributed by atoms with Crippen molar-refractivity contribution < 1.29 is 4.39 Å². The van der Waals surface area contributed by atoms with Crippen LogP contribution < -0.4 is 5.32 Å². The quantitative estimate of drug-likeness (QED) is 0.703. The fourth-order valence-electron chi connectivity index (χ4n) is 2.98. The Morgan fingerprint density at radius 1 is 1.29 bits per heavy atom. The zero-order valence-corrected chi connectivity index (χ0v) is 12.6. The summed E-state index contributed by atoms with van der Waals surface area (Å²) in [7, 11) is 0. The van der Waals surface area contributed by atoms with Crippen LogP contribution >= 0.6 is 22.9 Å². The average Bonchev–Trinajstić information content (AvgIpc) is 3.09. The van der Waals surface area contributed by atoms with Crippen molar-refractivity contribution in [3.63, 3.8) is 0 Å². The molecule has 0 saturated heterocycles. The van der Waals surface area contributed by atoms with E-state index in [0.29, 0.717) is 5.02 Å². The highest BCUT2D eigenvalue weighted by atomic mass is 35.5. The lowest BCUT2D eigenvalue weighted by atomic mass is 10.1. The van der Waals surface area contributed by atoms with Crippen molar-refractivity contribution in [2.75, 3.05) is 5.32 Å². The monoisotopic (exact) mass is 318 g/mol. The standard InChI is InChI=1S/C16H12ClFN2S/c17-11-5-7-14-16(19-8-21-14)15(11)20-13-6-4-9-10(13)2-1-3-12(9)18/h1-3,5,7-8,13,20H,4,6H2. The normalized spacial score (nSPS) is 17.1. The summed E-state index contributed by atoms with van der Waals surface area (Å²) in [5, 5.41) is 4.12. The Morgan fingerprint density at radius 3 is 3.10 bits per heavy atom. The molecule has 1 atom stereocenters. The zero-order valence-electron chi connectivity index (χ0n) is 11.1. The molecule has 0 saturated carbocycles. The minimum absolute atomic E-state index is 0.0838. The van der Waals surface area contributed by atoms with Gasteiger partial charge in [-0.15, -0.1) is 11.3 Å². The van der Waals surface area contributed by atoms with E-state index in [-0.39, 0.29) is 11.9 Å². The first-order valence-corrected chi connectivity index (χ1v) is 8.05. The Bertz CT molecular complexity index is 830. The van der Waals surface area contributed by atoms with Crippen molar-refractivity contribution in [3.8, 4) is 0 Å². The van der Waals surface area contributed by atoms with E-state index in [2.05, 4.69) is 10.3 Å². The maximum Gasteiger partial charge on any atom is 0.126 e. The fourth-order valence-corrected chi connectivity index (χ4v) is 3.87. The van der Waals surface area contributed by atoms with Gasteiger partial charge >= 0.3 is 0 Å². The molecule has 1 heterocycles. The largest absolute Gasteiger partial charge is 0.375 e. The van der Waals surface area contributed by atoms with E-state index < -0.39 is 0 Å². The summed E-state index contributed by atoms with van der Waals surface area (Å²) in [6.07, 6.45) is 1.62. The van der Waals surface area contributed by atoms with Gasteiger partial charge in [-0.3, -0.25) is 0 Å². The molecule has 1 unspecified atom stereocenters. The SMILES string of the molecule is Fc1cccc2c1CCC2Nc1c(Cl)ccc2scnc12. The van der Waals surface area contributed by atoms with E-state index in [9.17, 15) is 4.39 Å². The number of fused-ring (bicyclic) bond motifs is 2. The lowest BCUT2D eigenvalue weighted by Gasteiger charge is -2.17. The molecular weight excluding hydrogens is 307 g/mol. The number of benzene rings is 2. The molecule has 3 aromatic rings. The average molecular weight is 319 g/mol. The van der Waals surface area contributed by atoms with Crippen LogP contribution in [0.4, 0.5) is 10.1 Å². The third kappa shape index (κ3) is 2.10. The molecule has 1 aromatic heterocycles. The first-order chi connectivity index (χ1) is 10.2. The van der Waals surface area contributed by atoms with Gasteiger partial charge in [0.05, 0.1) is 27.0 Å². The van der Waals surface area contributed by atoms with Gasteiger partial charge < -0.3 is 5.32 Å². The van der Waals surface area contributed by atoms with Crippen LogP contribution in [0.15, 0.2) is 35.8 Å². The highest BCUT2D eigenvalue weighted by molar-refractivity contribution is 7.16. The summed E-state index contributed by atoms with van der Waals surface area (Å²) >= 11 is 7.91. The highest BCUT2D eigenvalue weighted by Gasteiger charge is 2.26. The summed E-state index contributed by atoms with van der Waals surface area (Å²) in [4.78, 5) is 4.39. The molecule has 2 nitrogen and oxygen atoms in total. The Balaban J connectivity index is 1.76. The molecule has 0 bridgehead atoms. The van der Waals surface area contributed by atoms with Crippen molar-refractivity contribution in [1.29, 1.82) is 0 Å². The molecule has 1 aliphatic rings. The molecule has 5 heteroatoms. The molecule has 1 N–H and O–H groups in total. The number of aromatic nitrogens is 1. The Labute approximate surface area is 130 Å². The number of hydrogen-bond donors (Lipinski definition) is 1. The Hall–Kier alpha value is -1.65. The van der Waals surface area contributed by atoms with Crippen LogP contribution in [0.25, 0.3) is 10.2 Å². The topological polar surface area (TPSA) is 24.9 Å². The lowest BCUT2D eigenvalue weighted by Crippen LogP contribution is -2.08. The van der Waals surface area contributed by atoms with Crippen LogP contribution in [0.3, 0.4) is 0 Å². The van der Waals surface area contributed by atoms with Gasteiger partial charge in [-0.05, 0) is 42.2 Å². The number of anilines is 1. The number of rotatable bonds is 2. The smallest absolute Gasteiger partial charge is 0.126 e. The number of hydrogen-bond acceptors (Lipinski definition) is 3. The van der Waals surface area contributed by atoms with E-state index >= 15 is 0 Å². The second-order valence-electron chi connectivity index (χ2n) is 5.16. The van der Waals surface area contributed by atoms with E-state index in [1.807, 2.05) is 23.7 Å². The number of halogens is 2. The van der Waals surface area contributed by atoms with Gasteiger partial charge in [-0.2, -0.15) is 0 Å². The highest BCUT2D eigenvalue weighted by Crippen LogP contribution is 2.39. The number of thiazole rings is 1. The van der Waals surface area contributed by atoms with Crippen LogP contribution in [0.1, 0.15) is 23.6 Å². The first kappa shape index (κ1) is 13.0. The third-order valence-corrected chi connectivity index (χ3v) is 5.09. The van der Waals surface area contributed by atoms with E-state index in [4.69, 9.17) is 11.6 Å². The van der Waals surface area contributed by atoms with Crippen LogP contribution in [0.2, 0.25) is 5.02 Å². The van der Waals surface area contributed by atoms with Crippen molar-refractivity contribution >= 4 is 38.8 Å². The second-order valence-corrected chi connectivity index (χ2v) is 6.46. The lowest BCUT2D eigenvalue weighted by molar-refractivity contribution is 0.612. The van der Waals surface area contributed by atoms with Crippen LogP contribution in [0, 0.1) is 5.82 Å². The molecule has 0 radical (unpaired) electrons. The predicted octanol–water partition coefficient (Wildman–Crippen LogP) is 5.19. The van der Waals surface area contributed by atoms with Crippen molar-refractivity contribution in [2.45, 2.75) is 18.9 Å². The molecule has 0 amide bonds. The molecule has 0 spiro atoms. The molecule has 1 aliphatic carbocycles. The summed E-state index contributed by atoms with van der Waals surface area (Å²) in [6, 6.07) is 9.21. The number of nitrogens with zero attached hydrogens (tertiary/aromatic N) is 1. The molecule has 4 rings (SSSR count). The summed E-state index contributed by atoms with van der Waals surface area (Å²) < 4.78 is 14.9. The van der Waals surface area contributed by atoms with Gasteiger partial charge in [0.25, 0.3) is 0 Å². The van der Waals surface area contributed by atoms with Gasteiger partial charge in [-0.25, -0.2) is 9.37 Å². The molecule has 21 heavy (non-hydrogen) atoms. The molecular formula is C16H12ClFN2S.